The average molecular weight is 343 g/mol. The highest BCUT2D eigenvalue weighted by atomic mass is 35.5. The van der Waals surface area contributed by atoms with Gasteiger partial charge in [-0.25, -0.2) is 9.59 Å². The van der Waals surface area contributed by atoms with Gasteiger partial charge in [-0.3, -0.25) is 5.43 Å². The van der Waals surface area contributed by atoms with Crippen LogP contribution in [0.5, 0.6) is 0 Å². The molecule has 1 heterocycles. The molecular formula is C14H12Cl2N2O4. The number of para-hydroxylation sites is 1. The second-order valence-electron chi connectivity index (χ2n) is 4.75. The van der Waals surface area contributed by atoms with Gasteiger partial charge in [0.05, 0.1) is 15.7 Å². The first kappa shape index (κ1) is 16.3. The molecule has 0 saturated carbocycles. The molecule has 8 heteroatoms. The molecule has 0 spiro atoms. The van der Waals surface area contributed by atoms with Gasteiger partial charge in [-0.05, 0) is 18.2 Å². The van der Waals surface area contributed by atoms with E-state index in [9.17, 15) is 9.59 Å². The van der Waals surface area contributed by atoms with E-state index in [1.54, 1.807) is 18.2 Å². The van der Waals surface area contributed by atoms with Gasteiger partial charge < -0.3 is 9.47 Å². The minimum absolute atomic E-state index is 0.255. The van der Waals surface area contributed by atoms with E-state index in [0.29, 0.717) is 15.7 Å². The van der Waals surface area contributed by atoms with Crippen LogP contribution in [-0.4, -0.2) is 23.9 Å². The number of carbonyl (C=O) groups is 2. The van der Waals surface area contributed by atoms with Crippen LogP contribution in [0.15, 0.2) is 34.9 Å². The van der Waals surface area contributed by atoms with Crippen molar-refractivity contribution in [1.29, 1.82) is 0 Å². The number of rotatable bonds is 3. The summed E-state index contributed by atoms with van der Waals surface area (Å²) in [5.41, 5.74) is 2.78. The number of carbonyl (C=O) groups excluding carboxylic acids is 2. The lowest BCUT2D eigenvalue weighted by molar-refractivity contribution is -0.222. The van der Waals surface area contributed by atoms with Gasteiger partial charge in [0.25, 0.3) is 5.79 Å². The molecule has 2 rings (SSSR count). The molecule has 0 aromatic heterocycles. The van der Waals surface area contributed by atoms with Crippen molar-refractivity contribution in [2.45, 2.75) is 19.6 Å². The first-order chi connectivity index (χ1) is 10.3. The fourth-order valence-electron chi connectivity index (χ4n) is 1.61. The third-order valence-corrected chi connectivity index (χ3v) is 3.20. The van der Waals surface area contributed by atoms with Crippen LogP contribution in [0.25, 0.3) is 0 Å². The Balaban J connectivity index is 2.08. The third-order valence-electron chi connectivity index (χ3n) is 2.57. The monoisotopic (exact) mass is 342 g/mol. The molecule has 0 aliphatic carbocycles. The van der Waals surface area contributed by atoms with E-state index >= 15 is 0 Å². The Morgan fingerprint density at radius 1 is 1.14 bits per heavy atom. The number of ether oxygens (including phenoxy) is 2. The number of cyclic esters (lactones) is 2. The maximum absolute atomic E-state index is 11.7. The molecule has 6 nitrogen and oxygen atoms in total. The zero-order chi connectivity index (χ0) is 16.3. The highest BCUT2D eigenvalue weighted by Gasteiger charge is 2.38. The number of hydrazone groups is 1. The Labute approximate surface area is 136 Å². The zero-order valence-corrected chi connectivity index (χ0v) is 13.2. The Morgan fingerprint density at radius 3 is 2.23 bits per heavy atom. The lowest BCUT2D eigenvalue weighted by atomic mass is 10.2. The number of allylic oxidation sites excluding steroid dienone is 1. The highest BCUT2D eigenvalue weighted by Crippen LogP contribution is 2.29. The normalized spacial score (nSPS) is 17.2. The largest absolute Gasteiger partial charge is 0.419 e. The van der Waals surface area contributed by atoms with Crippen LogP contribution in [-0.2, 0) is 19.1 Å². The number of benzene rings is 1. The van der Waals surface area contributed by atoms with Crippen molar-refractivity contribution in [2.24, 2.45) is 5.10 Å². The van der Waals surface area contributed by atoms with E-state index in [1.165, 1.54) is 26.1 Å². The second-order valence-corrected chi connectivity index (χ2v) is 5.56. The van der Waals surface area contributed by atoms with Crippen molar-refractivity contribution in [1.82, 2.24) is 0 Å². The molecule has 1 aromatic carbocycles. The number of nitrogens with one attached hydrogen (secondary N) is 1. The first-order valence-electron chi connectivity index (χ1n) is 6.20. The van der Waals surface area contributed by atoms with Gasteiger partial charge in [0, 0.05) is 20.1 Å². The molecular weight excluding hydrogens is 331 g/mol. The quantitative estimate of drug-likeness (QED) is 0.300. The van der Waals surface area contributed by atoms with E-state index in [4.69, 9.17) is 32.7 Å². The topological polar surface area (TPSA) is 77.0 Å². The molecule has 1 saturated heterocycles. The van der Waals surface area contributed by atoms with Crippen LogP contribution >= 0.6 is 23.2 Å². The predicted molar refractivity (Wildman–Crippen MR) is 82.9 cm³/mol. The summed E-state index contributed by atoms with van der Waals surface area (Å²) in [6.45, 7) is 2.93. The molecule has 0 unspecified atom stereocenters. The summed E-state index contributed by atoms with van der Waals surface area (Å²) in [5, 5.41) is 4.60. The smallest absolute Gasteiger partial charge is 0.348 e. The zero-order valence-electron chi connectivity index (χ0n) is 11.7. The van der Waals surface area contributed by atoms with E-state index in [-0.39, 0.29) is 5.57 Å². The van der Waals surface area contributed by atoms with Gasteiger partial charge in [-0.2, -0.15) is 5.10 Å². The fraction of sp³-hybridized carbons (Fsp3) is 0.214. The lowest BCUT2D eigenvalue weighted by Crippen LogP contribution is -2.41. The van der Waals surface area contributed by atoms with Crippen LogP contribution in [0, 0.1) is 0 Å². The second kappa shape index (κ2) is 6.37. The summed E-state index contributed by atoms with van der Waals surface area (Å²) in [5.74, 6) is -2.82. The maximum Gasteiger partial charge on any atom is 0.348 e. The molecule has 1 N–H and O–H groups in total. The van der Waals surface area contributed by atoms with Gasteiger partial charge in [0.15, 0.2) is 0 Å². The first-order valence-corrected chi connectivity index (χ1v) is 6.96. The Bertz CT molecular complexity index is 641. The van der Waals surface area contributed by atoms with Crippen LogP contribution < -0.4 is 5.43 Å². The fourth-order valence-corrected chi connectivity index (χ4v) is 2.10. The van der Waals surface area contributed by atoms with Gasteiger partial charge in [0.1, 0.15) is 5.57 Å². The number of anilines is 1. The summed E-state index contributed by atoms with van der Waals surface area (Å²) in [6.07, 6.45) is 2.38. The standard InChI is InChI=1S/C14H12Cl2N2O4/c1-14(2)21-12(19)8(13(20)22-14)6-7-17-18-11-9(15)4-3-5-10(11)16/h3-7,18H,1-2H3/b17-7-. The molecule has 0 radical (unpaired) electrons. The molecule has 116 valence electrons. The Hall–Kier alpha value is -2.05. The molecule has 0 atom stereocenters. The van der Waals surface area contributed by atoms with E-state index in [1.807, 2.05) is 0 Å². The average Bonchev–Trinajstić information content (AvgIpc) is 2.38. The van der Waals surface area contributed by atoms with Crippen molar-refractivity contribution in [3.63, 3.8) is 0 Å². The van der Waals surface area contributed by atoms with E-state index < -0.39 is 17.7 Å². The van der Waals surface area contributed by atoms with Crippen molar-refractivity contribution in [2.75, 3.05) is 5.43 Å². The van der Waals surface area contributed by atoms with Crippen LogP contribution in [0.1, 0.15) is 13.8 Å². The molecule has 1 aromatic rings. The highest BCUT2D eigenvalue weighted by molar-refractivity contribution is 6.39. The Morgan fingerprint density at radius 2 is 1.68 bits per heavy atom. The summed E-state index contributed by atoms with van der Waals surface area (Å²) in [7, 11) is 0. The number of esters is 2. The number of halogens is 2. The number of hydrogen-bond acceptors (Lipinski definition) is 6. The molecule has 1 fully saturated rings. The molecule has 1 aliphatic heterocycles. The van der Waals surface area contributed by atoms with Crippen molar-refractivity contribution in [3.8, 4) is 0 Å². The lowest BCUT2D eigenvalue weighted by Gasteiger charge is -2.29. The molecule has 1 aliphatic rings. The summed E-state index contributed by atoms with van der Waals surface area (Å²) in [4.78, 5) is 23.4. The number of nitrogens with zero attached hydrogens (tertiary/aromatic N) is 1. The minimum Gasteiger partial charge on any atom is -0.419 e. The van der Waals surface area contributed by atoms with Gasteiger partial charge in [-0.1, -0.05) is 29.3 Å². The van der Waals surface area contributed by atoms with Crippen molar-refractivity contribution >= 4 is 47.0 Å². The predicted octanol–water partition coefficient (Wildman–Crippen LogP) is 3.15. The van der Waals surface area contributed by atoms with Gasteiger partial charge >= 0.3 is 11.9 Å². The summed E-state index contributed by atoms with van der Waals surface area (Å²) >= 11 is 11.9. The number of hydrogen-bond donors (Lipinski definition) is 1. The SMILES string of the molecule is CC1(C)OC(=O)C(=C/C=N\Nc2c(Cl)cccc2Cl)C(=O)O1. The van der Waals surface area contributed by atoms with Crippen LogP contribution in [0.4, 0.5) is 5.69 Å². The van der Waals surface area contributed by atoms with Gasteiger partial charge in [0.2, 0.25) is 0 Å². The van der Waals surface area contributed by atoms with Crippen molar-refractivity contribution < 1.29 is 19.1 Å². The third kappa shape index (κ3) is 3.78. The Kier molecular flexibility index (Phi) is 4.73. The summed E-state index contributed by atoms with van der Waals surface area (Å²) in [6, 6.07) is 4.97. The van der Waals surface area contributed by atoms with E-state index in [0.717, 1.165) is 0 Å². The van der Waals surface area contributed by atoms with Gasteiger partial charge in [-0.15, -0.1) is 0 Å². The van der Waals surface area contributed by atoms with E-state index in [2.05, 4.69) is 10.5 Å². The maximum atomic E-state index is 11.7. The van der Waals surface area contributed by atoms with Crippen LogP contribution in [0.2, 0.25) is 10.0 Å². The van der Waals surface area contributed by atoms with Crippen LogP contribution in [0.3, 0.4) is 0 Å². The molecule has 22 heavy (non-hydrogen) atoms. The molecule has 0 bridgehead atoms. The van der Waals surface area contributed by atoms with Crippen molar-refractivity contribution in [3.05, 3.63) is 39.9 Å². The summed E-state index contributed by atoms with van der Waals surface area (Å²) < 4.78 is 9.87. The minimum atomic E-state index is -1.27. The molecule has 0 amide bonds.